The number of pyridine rings is 1. The zero-order valence-electron chi connectivity index (χ0n) is 10.1. The number of aromatic nitrogens is 3. The molecule has 0 amide bonds. The Balaban J connectivity index is 2.91. The zero-order chi connectivity index (χ0) is 15.1. The molecule has 0 atom stereocenters. The lowest BCUT2D eigenvalue weighted by molar-refractivity contribution is -0.141. The van der Waals surface area contributed by atoms with Gasteiger partial charge in [0.2, 0.25) is 0 Å². The number of hydrogen-bond acceptors (Lipinski definition) is 4. The van der Waals surface area contributed by atoms with Crippen LogP contribution in [0.15, 0.2) is 21.7 Å². The number of hydrogen-bond donors (Lipinski definition) is 0. The van der Waals surface area contributed by atoms with Crippen molar-refractivity contribution in [3.05, 3.63) is 38.7 Å². The molecule has 9 heteroatoms. The normalized spacial score (nSPS) is 11.6. The van der Waals surface area contributed by atoms with Crippen LogP contribution in [0.5, 0.6) is 0 Å². The molecule has 0 saturated carbocycles. The Bertz CT molecular complexity index is 842. The third-order valence-corrected chi connectivity index (χ3v) is 2.71. The van der Waals surface area contributed by atoms with Gasteiger partial charge in [0.15, 0.2) is 0 Å². The fraction of sp³-hybridized carbons (Fsp3) is 0.273. The standard InChI is InChI=1S/C11H7F3N4O2/c1-17-8-6(2-3-7(16-8)11(12,13)14)9(19)18(5-4-15)10(17)20/h2-3H,5H2,1H3. The van der Waals surface area contributed by atoms with E-state index < -0.39 is 29.7 Å². The van der Waals surface area contributed by atoms with E-state index in [9.17, 15) is 22.8 Å². The first-order valence-electron chi connectivity index (χ1n) is 5.32. The van der Waals surface area contributed by atoms with Gasteiger partial charge in [-0.2, -0.15) is 18.4 Å². The predicted molar refractivity (Wildman–Crippen MR) is 61.9 cm³/mol. The summed E-state index contributed by atoms with van der Waals surface area (Å²) in [5.41, 5.74) is -3.30. The molecule has 0 fully saturated rings. The summed E-state index contributed by atoms with van der Waals surface area (Å²) in [5, 5.41) is 8.40. The van der Waals surface area contributed by atoms with E-state index >= 15 is 0 Å². The molecule has 0 aliphatic rings. The summed E-state index contributed by atoms with van der Waals surface area (Å²) in [5.74, 6) is 0. The van der Waals surface area contributed by atoms with E-state index in [1.54, 1.807) is 6.07 Å². The van der Waals surface area contributed by atoms with Gasteiger partial charge in [0, 0.05) is 7.05 Å². The maximum absolute atomic E-state index is 12.6. The van der Waals surface area contributed by atoms with Crippen molar-refractivity contribution in [3.63, 3.8) is 0 Å². The van der Waals surface area contributed by atoms with E-state index in [4.69, 9.17) is 5.26 Å². The van der Waals surface area contributed by atoms with Crippen molar-refractivity contribution in [1.29, 1.82) is 5.26 Å². The van der Waals surface area contributed by atoms with Crippen LogP contribution in [-0.4, -0.2) is 14.1 Å². The Morgan fingerprint density at radius 2 is 2.00 bits per heavy atom. The predicted octanol–water partition coefficient (Wildman–Crippen LogP) is 0.638. The smallest absolute Gasteiger partial charge is 0.280 e. The molecule has 0 aliphatic carbocycles. The van der Waals surface area contributed by atoms with E-state index in [2.05, 4.69) is 4.98 Å². The number of fused-ring (bicyclic) bond motifs is 1. The van der Waals surface area contributed by atoms with Crippen molar-refractivity contribution < 1.29 is 13.2 Å². The average Bonchev–Trinajstić information content (AvgIpc) is 2.39. The minimum Gasteiger partial charge on any atom is -0.280 e. The van der Waals surface area contributed by atoms with Crippen molar-refractivity contribution in [3.8, 4) is 6.07 Å². The number of nitrogens with zero attached hydrogens (tertiary/aromatic N) is 4. The quantitative estimate of drug-likeness (QED) is 0.769. The molecular weight excluding hydrogens is 277 g/mol. The van der Waals surface area contributed by atoms with E-state index in [1.807, 2.05) is 0 Å². The molecule has 0 aromatic carbocycles. The molecule has 2 aromatic heterocycles. The van der Waals surface area contributed by atoms with Crippen LogP contribution in [0.2, 0.25) is 0 Å². The van der Waals surface area contributed by atoms with Gasteiger partial charge >= 0.3 is 11.9 Å². The summed E-state index contributed by atoms with van der Waals surface area (Å²) >= 11 is 0. The number of nitriles is 1. The van der Waals surface area contributed by atoms with Crippen LogP contribution in [0.25, 0.3) is 11.0 Å². The molecule has 2 rings (SSSR count). The second-order valence-corrected chi connectivity index (χ2v) is 3.96. The zero-order valence-corrected chi connectivity index (χ0v) is 10.1. The molecule has 0 unspecified atom stereocenters. The Hall–Kier alpha value is -2.63. The van der Waals surface area contributed by atoms with Gasteiger partial charge in [0.05, 0.1) is 11.5 Å². The first-order chi connectivity index (χ1) is 9.27. The fourth-order valence-electron chi connectivity index (χ4n) is 1.74. The molecular formula is C11H7F3N4O2. The van der Waals surface area contributed by atoms with Gasteiger partial charge in [-0.15, -0.1) is 0 Å². The van der Waals surface area contributed by atoms with Crippen molar-refractivity contribution in [1.82, 2.24) is 14.1 Å². The molecule has 0 aliphatic heterocycles. The second-order valence-electron chi connectivity index (χ2n) is 3.96. The molecule has 0 spiro atoms. The summed E-state index contributed by atoms with van der Waals surface area (Å²) in [4.78, 5) is 27.0. The first-order valence-corrected chi connectivity index (χ1v) is 5.32. The Morgan fingerprint density at radius 3 is 2.55 bits per heavy atom. The van der Waals surface area contributed by atoms with Gasteiger partial charge in [-0.25, -0.2) is 14.3 Å². The van der Waals surface area contributed by atoms with Crippen LogP contribution >= 0.6 is 0 Å². The van der Waals surface area contributed by atoms with Crippen molar-refractivity contribution in [2.75, 3.05) is 0 Å². The first kappa shape index (κ1) is 13.8. The molecule has 0 bridgehead atoms. The monoisotopic (exact) mass is 284 g/mol. The molecule has 6 nitrogen and oxygen atoms in total. The maximum Gasteiger partial charge on any atom is 0.433 e. The van der Waals surface area contributed by atoms with Crippen LogP contribution < -0.4 is 11.2 Å². The van der Waals surface area contributed by atoms with Crippen molar-refractivity contribution in [2.24, 2.45) is 7.05 Å². The topological polar surface area (TPSA) is 80.7 Å². The Labute approximate surface area is 109 Å². The highest BCUT2D eigenvalue weighted by atomic mass is 19.4. The SMILES string of the molecule is Cn1c(=O)n(CC#N)c(=O)c2ccc(C(F)(F)F)nc21. The largest absolute Gasteiger partial charge is 0.433 e. The van der Waals surface area contributed by atoms with Crippen LogP contribution in [0.3, 0.4) is 0 Å². The van der Waals surface area contributed by atoms with Gasteiger partial charge in [0.1, 0.15) is 17.9 Å². The molecule has 0 saturated heterocycles. The average molecular weight is 284 g/mol. The highest BCUT2D eigenvalue weighted by Crippen LogP contribution is 2.28. The van der Waals surface area contributed by atoms with E-state index in [0.717, 1.165) is 10.6 Å². The van der Waals surface area contributed by atoms with E-state index in [1.165, 1.54) is 7.05 Å². The van der Waals surface area contributed by atoms with Crippen LogP contribution in [0.4, 0.5) is 13.2 Å². The molecule has 2 heterocycles. The lowest BCUT2D eigenvalue weighted by Gasteiger charge is -2.10. The van der Waals surface area contributed by atoms with Gasteiger partial charge < -0.3 is 0 Å². The summed E-state index contributed by atoms with van der Waals surface area (Å²) in [7, 11) is 1.19. The lowest BCUT2D eigenvalue weighted by atomic mass is 10.2. The summed E-state index contributed by atoms with van der Waals surface area (Å²) in [6.45, 7) is -0.484. The van der Waals surface area contributed by atoms with Crippen LogP contribution in [0, 0.1) is 11.3 Å². The molecule has 0 radical (unpaired) electrons. The second kappa shape index (κ2) is 4.48. The minimum atomic E-state index is -4.67. The lowest BCUT2D eigenvalue weighted by Crippen LogP contribution is -2.39. The third-order valence-electron chi connectivity index (χ3n) is 2.71. The summed E-state index contributed by atoms with van der Waals surface area (Å²) < 4.78 is 39.2. The maximum atomic E-state index is 12.6. The molecule has 2 aromatic rings. The number of halogens is 3. The molecule has 104 valence electrons. The van der Waals surface area contributed by atoms with Gasteiger partial charge in [0.25, 0.3) is 5.56 Å². The summed E-state index contributed by atoms with van der Waals surface area (Å²) in [6, 6.07) is 3.25. The van der Waals surface area contributed by atoms with Gasteiger partial charge in [-0.3, -0.25) is 9.36 Å². The van der Waals surface area contributed by atoms with Gasteiger partial charge in [-0.05, 0) is 12.1 Å². The van der Waals surface area contributed by atoms with Crippen molar-refractivity contribution >= 4 is 11.0 Å². The number of alkyl halides is 3. The fourth-order valence-corrected chi connectivity index (χ4v) is 1.74. The van der Waals surface area contributed by atoms with Crippen LogP contribution in [0.1, 0.15) is 5.69 Å². The Kier molecular flexibility index (Phi) is 3.09. The van der Waals surface area contributed by atoms with Crippen molar-refractivity contribution in [2.45, 2.75) is 12.7 Å². The summed E-state index contributed by atoms with van der Waals surface area (Å²) in [6.07, 6.45) is -4.67. The Morgan fingerprint density at radius 1 is 1.35 bits per heavy atom. The highest BCUT2D eigenvalue weighted by molar-refractivity contribution is 5.74. The van der Waals surface area contributed by atoms with Gasteiger partial charge in [-0.1, -0.05) is 0 Å². The van der Waals surface area contributed by atoms with Crippen LogP contribution in [-0.2, 0) is 19.8 Å². The van der Waals surface area contributed by atoms with E-state index in [-0.39, 0.29) is 11.0 Å². The molecule has 20 heavy (non-hydrogen) atoms. The van der Waals surface area contributed by atoms with E-state index in [0.29, 0.717) is 10.6 Å². The third kappa shape index (κ3) is 2.05. The minimum absolute atomic E-state index is 0.157. The molecule has 0 N–H and O–H groups in total. The highest BCUT2D eigenvalue weighted by Gasteiger charge is 2.33. The number of rotatable bonds is 1. The number of aryl methyl sites for hydroxylation is 1.